The topological polar surface area (TPSA) is 129 Å². The second kappa shape index (κ2) is 10.0. The van der Waals surface area contributed by atoms with Gasteiger partial charge in [-0.1, -0.05) is 29.8 Å². The van der Waals surface area contributed by atoms with Gasteiger partial charge >= 0.3 is 0 Å². The molecule has 0 amide bonds. The SMILES string of the molecule is OC[C@@H]1O[C@@H](c2ccc(Cl)c(C(O)c3ccc(O[C@H]4CCOC4)cc3)c2)[C@H](O)[C@@H](O)[C@@H]1O. The fraction of sp³-hybridized carbons (Fsp3) is 0.478. The van der Waals surface area contributed by atoms with Gasteiger partial charge in [-0.15, -0.1) is 0 Å². The van der Waals surface area contributed by atoms with E-state index in [4.69, 9.17) is 25.8 Å². The van der Waals surface area contributed by atoms with Crippen LogP contribution in [-0.4, -0.2) is 75.9 Å². The molecular weight excluding hydrogens is 440 g/mol. The molecule has 4 rings (SSSR count). The number of aliphatic hydroxyl groups excluding tert-OH is 5. The van der Waals surface area contributed by atoms with E-state index in [0.717, 1.165) is 6.42 Å². The lowest BCUT2D eigenvalue weighted by atomic mass is 9.89. The summed E-state index contributed by atoms with van der Waals surface area (Å²) in [6, 6.07) is 11.8. The average Bonchev–Trinajstić information content (AvgIpc) is 3.31. The summed E-state index contributed by atoms with van der Waals surface area (Å²) >= 11 is 6.34. The highest BCUT2D eigenvalue weighted by molar-refractivity contribution is 6.31. The van der Waals surface area contributed by atoms with Crippen molar-refractivity contribution in [3.8, 4) is 5.75 Å². The van der Waals surface area contributed by atoms with E-state index < -0.39 is 43.2 Å². The number of aliphatic hydroxyl groups is 5. The molecular formula is C23H27ClO8. The third-order valence-electron chi connectivity index (χ3n) is 5.92. The van der Waals surface area contributed by atoms with Gasteiger partial charge < -0.3 is 39.7 Å². The first kappa shape index (κ1) is 23.4. The first-order valence-electron chi connectivity index (χ1n) is 10.5. The monoisotopic (exact) mass is 466 g/mol. The van der Waals surface area contributed by atoms with Gasteiger partial charge in [-0.25, -0.2) is 0 Å². The van der Waals surface area contributed by atoms with E-state index >= 15 is 0 Å². The Morgan fingerprint density at radius 3 is 2.44 bits per heavy atom. The van der Waals surface area contributed by atoms with Crippen molar-refractivity contribution in [1.82, 2.24) is 0 Å². The van der Waals surface area contributed by atoms with Gasteiger partial charge in [0.1, 0.15) is 48.5 Å². The molecule has 0 radical (unpaired) electrons. The Balaban J connectivity index is 1.54. The number of halogens is 1. The lowest BCUT2D eigenvalue weighted by Gasteiger charge is -2.40. The fourth-order valence-corrected chi connectivity index (χ4v) is 4.25. The molecule has 2 aliphatic heterocycles. The lowest BCUT2D eigenvalue weighted by molar-refractivity contribution is -0.231. The van der Waals surface area contributed by atoms with Gasteiger partial charge in [-0.05, 0) is 35.4 Å². The molecule has 2 aromatic carbocycles. The lowest BCUT2D eigenvalue weighted by Crippen LogP contribution is -2.55. The van der Waals surface area contributed by atoms with Gasteiger partial charge in [0.25, 0.3) is 0 Å². The Hall–Kier alpha value is -1.75. The minimum Gasteiger partial charge on any atom is -0.488 e. The quantitative estimate of drug-likeness (QED) is 0.428. The van der Waals surface area contributed by atoms with E-state index in [1.807, 2.05) is 0 Å². The number of hydrogen-bond acceptors (Lipinski definition) is 8. The molecule has 32 heavy (non-hydrogen) atoms. The maximum Gasteiger partial charge on any atom is 0.124 e. The zero-order chi connectivity index (χ0) is 22.8. The maximum atomic E-state index is 11.0. The molecule has 9 heteroatoms. The molecule has 0 saturated carbocycles. The maximum absolute atomic E-state index is 11.0. The van der Waals surface area contributed by atoms with Crippen LogP contribution in [0.25, 0.3) is 0 Å². The zero-order valence-electron chi connectivity index (χ0n) is 17.3. The third-order valence-corrected chi connectivity index (χ3v) is 6.27. The van der Waals surface area contributed by atoms with Crippen LogP contribution in [0.5, 0.6) is 5.75 Å². The standard InChI is InChI=1S/C23H27ClO8/c24-17-6-3-13(23-22(29)21(28)20(27)18(10-25)32-23)9-16(17)19(26)12-1-4-14(5-2-12)31-15-7-8-30-11-15/h1-6,9,15,18-23,25-29H,7-8,10-11H2/t15-,18-,19?,20+,21-,22+,23-/m0/s1. The number of ether oxygens (including phenoxy) is 3. The summed E-state index contributed by atoms with van der Waals surface area (Å²) in [5.74, 6) is 0.678. The van der Waals surface area contributed by atoms with E-state index in [9.17, 15) is 25.5 Å². The average molecular weight is 467 g/mol. The van der Waals surface area contributed by atoms with Crippen molar-refractivity contribution in [3.05, 3.63) is 64.2 Å². The Morgan fingerprint density at radius 1 is 1.03 bits per heavy atom. The largest absolute Gasteiger partial charge is 0.488 e. The minimum absolute atomic E-state index is 0.0236. The molecule has 0 spiro atoms. The Morgan fingerprint density at radius 2 is 1.78 bits per heavy atom. The van der Waals surface area contributed by atoms with Crippen LogP contribution in [0.1, 0.15) is 35.3 Å². The van der Waals surface area contributed by atoms with Crippen molar-refractivity contribution in [2.24, 2.45) is 0 Å². The van der Waals surface area contributed by atoms with Crippen LogP contribution in [0.3, 0.4) is 0 Å². The van der Waals surface area contributed by atoms with Gasteiger partial charge in [0.15, 0.2) is 0 Å². The Bertz CT molecular complexity index is 899. The molecule has 7 atom stereocenters. The number of hydrogen-bond donors (Lipinski definition) is 5. The molecule has 174 valence electrons. The first-order valence-corrected chi connectivity index (χ1v) is 10.9. The van der Waals surface area contributed by atoms with Crippen LogP contribution in [0.2, 0.25) is 5.02 Å². The van der Waals surface area contributed by atoms with E-state index in [0.29, 0.717) is 40.7 Å². The third kappa shape index (κ3) is 4.78. The Kier molecular flexibility index (Phi) is 7.34. The molecule has 2 saturated heterocycles. The molecule has 0 bridgehead atoms. The van der Waals surface area contributed by atoms with Gasteiger partial charge in [0.05, 0.1) is 19.8 Å². The van der Waals surface area contributed by atoms with Gasteiger partial charge in [0, 0.05) is 17.0 Å². The van der Waals surface area contributed by atoms with Crippen LogP contribution in [0.15, 0.2) is 42.5 Å². The van der Waals surface area contributed by atoms with Crippen molar-refractivity contribution in [2.45, 2.75) is 49.1 Å². The summed E-state index contributed by atoms with van der Waals surface area (Å²) in [7, 11) is 0. The van der Waals surface area contributed by atoms with E-state index in [2.05, 4.69) is 0 Å². The highest BCUT2D eigenvalue weighted by Gasteiger charge is 2.44. The van der Waals surface area contributed by atoms with Crippen molar-refractivity contribution in [3.63, 3.8) is 0 Å². The van der Waals surface area contributed by atoms with Crippen molar-refractivity contribution >= 4 is 11.6 Å². The predicted octanol–water partition coefficient (Wildman–Crippen LogP) is 1.10. The number of benzene rings is 2. The second-order valence-electron chi connectivity index (χ2n) is 8.11. The van der Waals surface area contributed by atoms with Crippen molar-refractivity contribution in [1.29, 1.82) is 0 Å². The summed E-state index contributed by atoms with van der Waals surface area (Å²) in [5.41, 5.74) is 1.42. The van der Waals surface area contributed by atoms with Crippen LogP contribution < -0.4 is 4.74 Å². The van der Waals surface area contributed by atoms with Crippen LogP contribution >= 0.6 is 11.6 Å². The van der Waals surface area contributed by atoms with Crippen molar-refractivity contribution in [2.75, 3.05) is 19.8 Å². The molecule has 0 aromatic heterocycles. The van der Waals surface area contributed by atoms with Crippen LogP contribution in [0, 0.1) is 0 Å². The molecule has 0 aliphatic carbocycles. The highest BCUT2D eigenvalue weighted by Crippen LogP contribution is 2.36. The predicted molar refractivity (Wildman–Crippen MR) is 115 cm³/mol. The van der Waals surface area contributed by atoms with Gasteiger partial charge in [-0.2, -0.15) is 0 Å². The van der Waals surface area contributed by atoms with Crippen molar-refractivity contribution < 1.29 is 39.7 Å². The molecule has 2 aliphatic rings. The highest BCUT2D eigenvalue weighted by atomic mass is 35.5. The first-order chi connectivity index (χ1) is 15.4. The molecule has 2 aromatic rings. The van der Waals surface area contributed by atoms with Crippen LogP contribution in [-0.2, 0) is 9.47 Å². The second-order valence-corrected chi connectivity index (χ2v) is 8.51. The van der Waals surface area contributed by atoms with Gasteiger partial charge in [-0.3, -0.25) is 0 Å². The minimum atomic E-state index is -1.49. The molecule has 2 heterocycles. The normalized spacial score (nSPS) is 31.4. The molecule has 8 nitrogen and oxygen atoms in total. The fourth-order valence-electron chi connectivity index (χ4n) is 4.03. The summed E-state index contributed by atoms with van der Waals surface area (Å²) in [6.07, 6.45) is -6.60. The smallest absolute Gasteiger partial charge is 0.124 e. The molecule has 5 N–H and O–H groups in total. The van der Waals surface area contributed by atoms with E-state index in [1.165, 1.54) is 0 Å². The van der Waals surface area contributed by atoms with E-state index in [-0.39, 0.29) is 6.10 Å². The number of rotatable bonds is 6. The summed E-state index contributed by atoms with van der Waals surface area (Å²) < 4.78 is 16.8. The summed E-state index contributed by atoms with van der Waals surface area (Å²) in [5, 5.41) is 51.2. The summed E-state index contributed by atoms with van der Waals surface area (Å²) in [4.78, 5) is 0. The summed E-state index contributed by atoms with van der Waals surface area (Å²) in [6.45, 7) is 0.724. The van der Waals surface area contributed by atoms with Crippen LogP contribution in [0.4, 0.5) is 0 Å². The molecule has 2 fully saturated rings. The van der Waals surface area contributed by atoms with E-state index in [1.54, 1.807) is 42.5 Å². The Labute approximate surface area is 190 Å². The zero-order valence-corrected chi connectivity index (χ0v) is 18.0. The molecule has 1 unspecified atom stereocenters. The van der Waals surface area contributed by atoms with Gasteiger partial charge in [0.2, 0.25) is 0 Å².